The highest BCUT2D eigenvalue weighted by atomic mass is 32.2. The largest absolute Gasteiger partial charge is 0.348 e. The first-order valence-corrected chi connectivity index (χ1v) is 13.2. The van der Waals surface area contributed by atoms with Gasteiger partial charge in [0, 0.05) is 18.7 Å². The molecule has 0 atom stereocenters. The van der Waals surface area contributed by atoms with Gasteiger partial charge >= 0.3 is 0 Å². The highest BCUT2D eigenvalue weighted by Gasteiger charge is 2.18. The van der Waals surface area contributed by atoms with Crippen LogP contribution < -0.4 is 10.0 Å². The number of hydrogen-bond donors (Lipinski definition) is 2. The molecule has 178 valence electrons. The van der Waals surface area contributed by atoms with E-state index in [1.165, 1.54) is 37.0 Å². The summed E-state index contributed by atoms with van der Waals surface area (Å²) in [5, 5.41) is 3.02. The third-order valence-electron chi connectivity index (χ3n) is 6.28. The Morgan fingerprint density at radius 3 is 2.26 bits per heavy atom. The van der Waals surface area contributed by atoms with Crippen LogP contribution in [0.5, 0.6) is 0 Å². The molecule has 6 nitrogen and oxygen atoms in total. The minimum atomic E-state index is -3.74. The lowest BCUT2D eigenvalue weighted by atomic mass is 10.0. The van der Waals surface area contributed by atoms with E-state index in [9.17, 15) is 13.2 Å². The Kier molecular flexibility index (Phi) is 7.65. The van der Waals surface area contributed by atoms with Crippen molar-refractivity contribution in [3.8, 4) is 0 Å². The maximum atomic E-state index is 13.0. The molecule has 7 heteroatoms. The van der Waals surface area contributed by atoms with Gasteiger partial charge in [0.05, 0.1) is 10.6 Å². The Bertz CT molecular complexity index is 1240. The van der Waals surface area contributed by atoms with E-state index in [0.29, 0.717) is 23.4 Å². The fraction of sp³-hybridized carbons (Fsp3) is 0.296. The Balaban J connectivity index is 1.45. The third kappa shape index (κ3) is 5.85. The second kappa shape index (κ2) is 10.8. The molecule has 1 amide bonds. The molecular weight excluding hydrogens is 446 g/mol. The number of nitrogens with one attached hydrogen (secondary N) is 2. The number of rotatable bonds is 8. The molecule has 0 spiro atoms. The molecule has 1 aliphatic rings. The van der Waals surface area contributed by atoms with E-state index in [-0.39, 0.29) is 10.8 Å². The van der Waals surface area contributed by atoms with Gasteiger partial charge < -0.3 is 5.32 Å². The summed E-state index contributed by atoms with van der Waals surface area (Å²) in [7, 11) is -3.74. The molecule has 1 heterocycles. The molecule has 0 radical (unpaired) electrons. The standard InChI is InChI=1S/C27H31N3O3S/c1-21-25(15-10-16-26(21)29-34(32,33)24-13-4-2-5-14-24)27(31)28-19-22-11-6-7-12-23(22)20-30-17-8-3-9-18-30/h2,4-7,10-16,29H,3,8-9,17-20H2,1H3,(H,28,31). The molecule has 0 aromatic heterocycles. The SMILES string of the molecule is Cc1c(NS(=O)(=O)c2ccccc2)cccc1C(=O)NCc1ccccc1CN1CCCCC1. The minimum Gasteiger partial charge on any atom is -0.348 e. The molecule has 0 unspecified atom stereocenters. The van der Waals surface area contributed by atoms with Gasteiger partial charge in [-0.3, -0.25) is 14.4 Å². The van der Waals surface area contributed by atoms with Crippen LogP contribution in [0.25, 0.3) is 0 Å². The van der Waals surface area contributed by atoms with Gasteiger partial charge in [0.1, 0.15) is 0 Å². The van der Waals surface area contributed by atoms with Crippen LogP contribution in [0, 0.1) is 6.92 Å². The first-order chi connectivity index (χ1) is 16.4. The smallest absolute Gasteiger partial charge is 0.261 e. The number of anilines is 1. The number of carbonyl (C=O) groups excluding carboxylic acids is 1. The summed E-state index contributed by atoms with van der Waals surface area (Å²) in [4.78, 5) is 15.7. The van der Waals surface area contributed by atoms with Crippen LogP contribution in [0.3, 0.4) is 0 Å². The van der Waals surface area contributed by atoms with Gasteiger partial charge in [-0.25, -0.2) is 8.42 Å². The summed E-state index contributed by atoms with van der Waals surface area (Å²) in [6.45, 7) is 5.29. The summed E-state index contributed by atoms with van der Waals surface area (Å²) < 4.78 is 28.1. The van der Waals surface area contributed by atoms with Gasteiger partial charge in [0.15, 0.2) is 0 Å². The summed E-state index contributed by atoms with van der Waals surface area (Å²) in [6, 6.07) is 21.5. The van der Waals surface area contributed by atoms with E-state index in [1.807, 2.05) is 12.1 Å². The zero-order valence-electron chi connectivity index (χ0n) is 19.5. The molecule has 2 N–H and O–H groups in total. The fourth-order valence-electron chi connectivity index (χ4n) is 4.31. The zero-order chi connectivity index (χ0) is 24.0. The molecule has 1 fully saturated rings. The third-order valence-corrected chi connectivity index (χ3v) is 7.66. The van der Waals surface area contributed by atoms with Gasteiger partial charge in [-0.15, -0.1) is 0 Å². The summed E-state index contributed by atoms with van der Waals surface area (Å²) in [6.07, 6.45) is 3.78. The van der Waals surface area contributed by atoms with Crippen molar-refractivity contribution in [3.63, 3.8) is 0 Å². The number of hydrogen-bond acceptors (Lipinski definition) is 4. The Morgan fingerprint density at radius 1 is 0.853 bits per heavy atom. The van der Waals surface area contributed by atoms with Crippen molar-refractivity contribution in [2.75, 3.05) is 17.8 Å². The van der Waals surface area contributed by atoms with E-state index in [4.69, 9.17) is 0 Å². The van der Waals surface area contributed by atoms with Crippen LogP contribution in [-0.2, 0) is 23.1 Å². The number of likely N-dealkylation sites (tertiary alicyclic amines) is 1. The normalized spacial score (nSPS) is 14.5. The molecule has 34 heavy (non-hydrogen) atoms. The number of amides is 1. The fourth-order valence-corrected chi connectivity index (χ4v) is 5.45. The first kappa shape index (κ1) is 24.0. The van der Waals surface area contributed by atoms with Gasteiger partial charge in [0.25, 0.3) is 15.9 Å². The molecule has 0 aliphatic carbocycles. The second-order valence-electron chi connectivity index (χ2n) is 8.68. The number of benzene rings is 3. The van der Waals surface area contributed by atoms with E-state index in [2.05, 4.69) is 27.1 Å². The van der Waals surface area contributed by atoms with E-state index < -0.39 is 10.0 Å². The van der Waals surface area contributed by atoms with Crippen LogP contribution in [0.2, 0.25) is 0 Å². The number of carbonyl (C=O) groups is 1. The molecule has 3 aromatic rings. The van der Waals surface area contributed by atoms with Crippen molar-refractivity contribution < 1.29 is 13.2 Å². The molecule has 1 saturated heterocycles. The quantitative estimate of drug-likeness (QED) is 0.492. The lowest BCUT2D eigenvalue weighted by Crippen LogP contribution is -2.30. The van der Waals surface area contributed by atoms with Crippen molar-refractivity contribution in [1.82, 2.24) is 10.2 Å². The first-order valence-electron chi connectivity index (χ1n) is 11.7. The van der Waals surface area contributed by atoms with Crippen LogP contribution in [-0.4, -0.2) is 32.3 Å². The number of sulfonamides is 1. The predicted octanol–water partition coefficient (Wildman–Crippen LogP) is 4.71. The molecule has 1 aliphatic heterocycles. The lowest BCUT2D eigenvalue weighted by molar-refractivity contribution is 0.0950. The Labute approximate surface area is 202 Å². The van der Waals surface area contributed by atoms with Crippen molar-refractivity contribution >= 4 is 21.6 Å². The second-order valence-corrected chi connectivity index (χ2v) is 10.4. The highest BCUT2D eigenvalue weighted by molar-refractivity contribution is 7.92. The molecule has 0 saturated carbocycles. The zero-order valence-corrected chi connectivity index (χ0v) is 20.3. The van der Waals surface area contributed by atoms with Crippen molar-refractivity contribution in [2.24, 2.45) is 0 Å². The average Bonchev–Trinajstić information content (AvgIpc) is 2.86. The topological polar surface area (TPSA) is 78.5 Å². The minimum absolute atomic E-state index is 0.176. The Hall–Kier alpha value is -3.16. The van der Waals surface area contributed by atoms with Crippen molar-refractivity contribution in [2.45, 2.75) is 44.2 Å². The van der Waals surface area contributed by atoms with Crippen LogP contribution in [0.1, 0.15) is 46.3 Å². The van der Waals surface area contributed by atoms with Crippen molar-refractivity contribution in [1.29, 1.82) is 0 Å². The predicted molar refractivity (Wildman–Crippen MR) is 135 cm³/mol. The summed E-state index contributed by atoms with van der Waals surface area (Å²) in [5.41, 5.74) is 3.75. The highest BCUT2D eigenvalue weighted by Crippen LogP contribution is 2.23. The lowest BCUT2D eigenvalue weighted by Gasteiger charge is -2.27. The van der Waals surface area contributed by atoms with Gasteiger partial charge in [-0.1, -0.05) is 55.0 Å². The maximum Gasteiger partial charge on any atom is 0.261 e. The molecule has 4 rings (SSSR count). The van der Waals surface area contributed by atoms with Gasteiger partial charge in [-0.05, 0) is 73.8 Å². The van der Waals surface area contributed by atoms with Crippen LogP contribution in [0.15, 0.2) is 77.7 Å². The van der Waals surface area contributed by atoms with E-state index >= 15 is 0 Å². The van der Waals surface area contributed by atoms with E-state index in [0.717, 1.165) is 25.2 Å². The number of nitrogens with zero attached hydrogens (tertiary/aromatic N) is 1. The van der Waals surface area contributed by atoms with Crippen LogP contribution in [0.4, 0.5) is 5.69 Å². The number of piperidine rings is 1. The molecule has 0 bridgehead atoms. The van der Waals surface area contributed by atoms with Gasteiger partial charge in [0.2, 0.25) is 0 Å². The van der Waals surface area contributed by atoms with E-state index in [1.54, 1.807) is 43.3 Å². The van der Waals surface area contributed by atoms with Crippen molar-refractivity contribution in [3.05, 3.63) is 95.1 Å². The molecular formula is C27H31N3O3S. The summed E-state index contributed by atoms with van der Waals surface area (Å²) >= 11 is 0. The van der Waals surface area contributed by atoms with Crippen LogP contribution >= 0.6 is 0 Å². The summed E-state index contributed by atoms with van der Waals surface area (Å²) in [5.74, 6) is -0.231. The average molecular weight is 478 g/mol. The molecule has 3 aromatic carbocycles. The maximum absolute atomic E-state index is 13.0. The van der Waals surface area contributed by atoms with Gasteiger partial charge in [-0.2, -0.15) is 0 Å². The Morgan fingerprint density at radius 2 is 1.53 bits per heavy atom. The monoisotopic (exact) mass is 477 g/mol.